The molecule has 0 amide bonds. The number of benzene rings is 1. The Morgan fingerprint density at radius 2 is 2.00 bits per heavy atom. The molecule has 0 saturated heterocycles. The van der Waals surface area contributed by atoms with Crippen molar-refractivity contribution in [2.45, 2.75) is 26.4 Å². The molecule has 0 aliphatic carbocycles. The predicted octanol–water partition coefficient (Wildman–Crippen LogP) is 4.07. The van der Waals surface area contributed by atoms with Gasteiger partial charge in [0.15, 0.2) is 0 Å². The van der Waals surface area contributed by atoms with E-state index in [0.29, 0.717) is 12.3 Å². The Bertz CT molecular complexity index is 569. The Morgan fingerprint density at radius 1 is 1.30 bits per heavy atom. The smallest absolute Gasteiger partial charge is 0.137 e. The lowest BCUT2D eigenvalue weighted by Crippen LogP contribution is -2.08. The molecule has 4 heteroatoms. The summed E-state index contributed by atoms with van der Waals surface area (Å²) in [4.78, 5) is 4.19. The summed E-state index contributed by atoms with van der Waals surface area (Å²) in [6.45, 7) is 4.33. The zero-order valence-electron chi connectivity index (χ0n) is 11.6. The largest absolute Gasteiger partial charge is 0.506 e. The standard InChI is InChI=1S/C16H18ClNO2/c1-3-20-16(8-12-4-6-14(17)7-5-12)13-9-15(19)11(2)18-10-13/h4-7,9-10,16,19H,3,8H2,1-2H3. The van der Waals surface area contributed by atoms with Gasteiger partial charge >= 0.3 is 0 Å². The van der Waals surface area contributed by atoms with Crippen LogP contribution in [0.15, 0.2) is 36.5 Å². The van der Waals surface area contributed by atoms with Crippen molar-refractivity contribution < 1.29 is 9.84 Å². The summed E-state index contributed by atoms with van der Waals surface area (Å²) in [5.74, 6) is 0.198. The Balaban J connectivity index is 2.21. The first kappa shape index (κ1) is 14.8. The number of rotatable bonds is 5. The van der Waals surface area contributed by atoms with Crippen LogP contribution < -0.4 is 0 Å². The molecule has 0 aliphatic heterocycles. The fourth-order valence-electron chi connectivity index (χ4n) is 2.02. The highest BCUT2D eigenvalue weighted by atomic mass is 35.5. The highest BCUT2D eigenvalue weighted by Crippen LogP contribution is 2.26. The van der Waals surface area contributed by atoms with Gasteiger partial charge in [-0.15, -0.1) is 0 Å². The van der Waals surface area contributed by atoms with Gasteiger partial charge in [0, 0.05) is 29.8 Å². The lowest BCUT2D eigenvalue weighted by molar-refractivity contribution is 0.0624. The number of ether oxygens (including phenoxy) is 1. The molecule has 1 atom stereocenters. The molecule has 0 fully saturated rings. The number of hydrogen-bond donors (Lipinski definition) is 1. The van der Waals surface area contributed by atoms with Crippen LogP contribution in [0.2, 0.25) is 5.02 Å². The van der Waals surface area contributed by atoms with E-state index in [1.165, 1.54) is 0 Å². The first-order valence-electron chi connectivity index (χ1n) is 6.61. The zero-order chi connectivity index (χ0) is 14.5. The zero-order valence-corrected chi connectivity index (χ0v) is 12.4. The third-order valence-corrected chi connectivity index (χ3v) is 3.41. The van der Waals surface area contributed by atoms with Crippen molar-refractivity contribution in [3.63, 3.8) is 0 Å². The molecule has 0 spiro atoms. The molecule has 0 aliphatic rings. The van der Waals surface area contributed by atoms with Gasteiger partial charge in [-0.05, 0) is 37.6 Å². The molecular formula is C16H18ClNO2. The molecule has 0 radical (unpaired) electrons. The molecule has 2 rings (SSSR count). The number of aromatic nitrogens is 1. The molecule has 1 aromatic heterocycles. The normalized spacial score (nSPS) is 12.3. The Labute approximate surface area is 124 Å². The van der Waals surface area contributed by atoms with Crippen LogP contribution in [0.5, 0.6) is 5.75 Å². The minimum absolute atomic E-state index is 0.125. The van der Waals surface area contributed by atoms with Crippen LogP contribution in [0.25, 0.3) is 0 Å². The van der Waals surface area contributed by atoms with Gasteiger partial charge in [-0.2, -0.15) is 0 Å². The van der Waals surface area contributed by atoms with E-state index in [2.05, 4.69) is 4.98 Å². The molecule has 20 heavy (non-hydrogen) atoms. The number of nitrogens with zero attached hydrogens (tertiary/aromatic N) is 1. The first-order chi connectivity index (χ1) is 9.60. The number of hydrogen-bond acceptors (Lipinski definition) is 3. The van der Waals surface area contributed by atoms with Crippen LogP contribution in [-0.4, -0.2) is 16.7 Å². The van der Waals surface area contributed by atoms with E-state index in [4.69, 9.17) is 16.3 Å². The third-order valence-electron chi connectivity index (χ3n) is 3.16. The molecule has 1 unspecified atom stereocenters. The van der Waals surface area contributed by atoms with Crippen LogP contribution in [0.1, 0.15) is 29.8 Å². The van der Waals surface area contributed by atoms with E-state index in [1.54, 1.807) is 19.2 Å². The Kier molecular flexibility index (Phi) is 4.99. The lowest BCUT2D eigenvalue weighted by Gasteiger charge is -2.18. The van der Waals surface area contributed by atoms with E-state index in [1.807, 2.05) is 31.2 Å². The molecule has 106 valence electrons. The average molecular weight is 292 g/mol. The highest BCUT2D eigenvalue weighted by molar-refractivity contribution is 6.30. The summed E-state index contributed by atoms with van der Waals surface area (Å²) >= 11 is 5.89. The summed E-state index contributed by atoms with van der Waals surface area (Å²) in [6, 6.07) is 9.42. The molecule has 1 N–H and O–H groups in total. The molecule has 2 aromatic rings. The summed E-state index contributed by atoms with van der Waals surface area (Å²) in [7, 11) is 0. The van der Waals surface area contributed by atoms with Crippen molar-refractivity contribution in [3.8, 4) is 5.75 Å². The third kappa shape index (κ3) is 3.71. The van der Waals surface area contributed by atoms with E-state index in [-0.39, 0.29) is 11.9 Å². The van der Waals surface area contributed by atoms with Crippen LogP contribution in [0, 0.1) is 6.92 Å². The minimum Gasteiger partial charge on any atom is -0.506 e. The second-order valence-corrected chi connectivity index (χ2v) is 5.08. The number of pyridine rings is 1. The fraction of sp³-hybridized carbons (Fsp3) is 0.312. The SMILES string of the molecule is CCOC(Cc1ccc(Cl)cc1)c1cnc(C)c(O)c1. The highest BCUT2D eigenvalue weighted by Gasteiger charge is 2.14. The first-order valence-corrected chi connectivity index (χ1v) is 6.99. The fourth-order valence-corrected chi connectivity index (χ4v) is 2.15. The van der Waals surface area contributed by atoms with Crippen molar-refractivity contribution in [1.82, 2.24) is 4.98 Å². The maximum absolute atomic E-state index is 9.78. The van der Waals surface area contributed by atoms with Gasteiger partial charge in [-0.1, -0.05) is 23.7 Å². The topological polar surface area (TPSA) is 42.4 Å². The second kappa shape index (κ2) is 6.73. The molecule has 3 nitrogen and oxygen atoms in total. The summed E-state index contributed by atoms with van der Waals surface area (Å²) < 4.78 is 5.77. The van der Waals surface area contributed by atoms with Crippen molar-refractivity contribution in [2.75, 3.05) is 6.61 Å². The van der Waals surface area contributed by atoms with Gasteiger partial charge < -0.3 is 9.84 Å². The Hall–Kier alpha value is -1.58. The van der Waals surface area contributed by atoms with Gasteiger partial charge in [0.05, 0.1) is 11.8 Å². The average Bonchev–Trinajstić information content (AvgIpc) is 2.44. The molecule has 1 heterocycles. The van der Waals surface area contributed by atoms with Crippen molar-refractivity contribution >= 4 is 11.6 Å². The quantitative estimate of drug-likeness (QED) is 0.903. The lowest BCUT2D eigenvalue weighted by atomic mass is 10.0. The monoisotopic (exact) mass is 291 g/mol. The van der Waals surface area contributed by atoms with Crippen LogP contribution in [0.3, 0.4) is 0 Å². The van der Waals surface area contributed by atoms with Crippen molar-refractivity contribution in [1.29, 1.82) is 0 Å². The van der Waals surface area contributed by atoms with Crippen LogP contribution in [0.4, 0.5) is 0 Å². The Morgan fingerprint density at radius 3 is 2.60 bits per heavy atom. The number of halogens is 1. The van der Waals surface area contributed by atoms with Crippen molar-refractivity contribution in [2.24, 2.45) is 0 Å². The number of aromatic hydroxyl groups is 1. The number of aryl methyl sites for hydroxylation is 1. The van der Waals surface area contributed by atoms with Gasteiger partial charge in [0.1, 0.15) is 5.75 Å². The van der Waals surface area contributed by atoms with Crippen molar-refractivity contribution in [3.05, 3.63) is 58.4 Å². The van der Waals surface area contributed by atoms with Crippen LogP contribution in [-0.2, 0) is 11.2 Å². The van der Waals surface area contributed by atoms with E-state index in [0.717, 1.165) is 22.6 Å². The van der Waals surface area contributed by atoms with E-state index < -0.39 is 0 Å². The summed E-state index contributed by atoms with van der Waals surface area (Å²) in [5.41, 5.74) is 2.63. The molecule has 0 bridgehead atoms. The predicted molar refractivity (Wildman–Crippen MR) is 80.2 cm³/mol. The van der Waals surface area contributed by atoms with Gasteiger partial charge in [-0.25, -0.2) is 0 Å². The summed E-state index contributed by atoms with van der Waals surface area (Å²) in [6.07, 6.45) is 2.35. The maximum atomic E-state index is 9.78. The van der Waals surface area contributed by atoms with E-state index in [9.17, 15) is 5.11 Å². The van der Waals surface area contributed by atoms with Gasteiger partial charge in [0.25, 0.3) is 0 Å². The molecule has 0 saturated carbocycles. The van der Waals surface area contributed by atoms with Gasteiger partial charge in [-0.3, -0.25) is 4.98 Å². The molecular weight excluding hydrogens is 274 g/mol. The summed E-state index contributed by atoms with van der Waals surface area (Å²) in [5, 5.41) is 10.5. The maximum Gasteiger partial charge on any atom is 0.137 e. The molecule has 1 aromatic carbocycles. The minimum atomic E-state index is -0.125. The van der Waals surface area contributed by atoms with E-state index >= 15 is 0 Å². The van der Waals surface area contributed by atoms with Gasteiger partial charge in [0.2, 0.25) is 0 Å². The second-order valence-electron chi connectivity index (χ2n) is 4.65. The van der Waals surface area contributed by atoms with Crippen LogP contribution >= 0.6 is 11.6 Å².